The van der Waals surface area contributed by atoms with Gasteiger partial charge >= 0.3 is 6.03 Å². The molecule has 2 aliphatic rings. The Morgan fingerprint density at radius 1 is 1.33 bits per heavy atom. The summed E-state index contributed by atoms with van der Waals surface area (Å²) in [5, 5.41) is 6.44. The van der Waals surface area contributed by atoms with Gasteiger partial charge in [0.05, 0.1) is 5.54 Å². The Labute approximate surface area is 91.4 Å². The zero-order valence-corrected chi connectivity index (χ0v) is 9.51. The van der Waals surface area contributed by atoms with Crippen molar-refractivity contribution < 1.29 is 4.79 Å². The van der Waals surface area contributed by atoms with E-state index in [1.54, 1.807) is 0 Å². The van der Waals surface area contributed by atoms with Gasteiger partial charge in [-0.15, -0.1) is 0 Å². The number of likely N-dealkylation sites (tertiary alicyclic amines) is 1. The van der Waals surface area contributed by atoms with E-state index in [4.69, 9.17) is 0 Å². The Kier molecular flexibility index (Phi) is 3.14. The van der Waals surface area contributed by atoms with Crippen molar-refractivity contribution in [2.75, 3.05) is 26.2 Å². The van der Waals surface area contributed by atoms with E-state index in [-0.39, 0.29) is 11.6 Å². The monoisotopic (exact) mass is 211 g/mol. The van der Waals surface area contributed by atoms with Gasteiger partial charge in [-0.25, -0.2) is 4.79 Å². The van der Waals surface area contributed by atoms with E-state index in [2.05, 4.69) is 17.6 Å². The third-order valence-electron chi connectivity index (χ3n) is 3.42. The van der Waals surface area contributed by atoms with E-state index in [0.717, 1.165) is 45.4 Å². The van der Waals surface area contributed by atoms with Crippen molar-refractivity contribution in [3.05, 3.63) is 0 Å². The first-order chi connectivity index (χ1) is 7.20. The topological polar surface area (TPSA) is 44.4 Å². The highest BCUT2D eigenvalue weighted by molar-refractivity contribution is 5.75. The lowest BCUT2D eigenvalue weighted by Crippen LogP contribution is -2.53. The van der Waals surface area contributed by atoms with Crippen LogP contribution in [0.2, 0.25) is 0 Å². The average Bonchev–Trinajstić information content (AvgIpc) is 2.66. The van der Waals surface area contributed by atoms with Gasteiger partial charge in [-0.2, -0.15) is 0 Å². The number of amides is 2. The van der Waals surface area contributed by atoms with Gasteiger partial charge in [0.1, 0.15) is 0 Å². The van der Waals surface area contributed by atoms with Crippen molar-refractivity contribution in [1.29, 1.82) is 0 Å². The molecule has 1 atom stereocenters. The first kappa shape index (κ1) is 10.7. The molecule has 0 bridgehead atoms. The summed E-state index contributed by atoms with van der Waals surface area (Å²) in [7, 11) is 0. The summed E-state index contributed by atoms with van der Waals surface area (Å²) in [4.78, 5) is 13.9. The summed E-state index contributed by atoms with van der Waals surface area (Å²) in [6.07, 6.45) is 4.61. The van der Waals surface area contributed by atoms with Gasteiger partial charge in [-0.3, -0.25) is 0 Å². The highest BCUT2D eigenvalue weighted by atomic mass is 16.2. The van der Waals surface area contributed by atoms with Gasteiger partial charge in [-0.05, 0) is 39.2 Å². The molecule has 0 aliphatic carbocycles. The minimum absolute atomic E-state index is 0.0332. The van der Waals surface area contributed by atoms with Crippen LogP contribution in [0.1, 0.15) is 32.6 Å². The van der Waals surface area contributed by atoms with Crippen LogP contribution >= 0.6 is 0 Å². The van der Waals surface area contributed by atoms with Crippen LogP contribution in [0.3, 0.4) is 0 Å². The molecule has 2 heterocycles. The fourth-order valence-corrected chi connectivity index (χ4v) is 2.36. The van der Waals surface area contributed by atoms with Crippen molar-refractivity contribution in [2.24, 2.45) is 0 Å². The molecule has 2 fully saturated rings. The van der Waals surface area contributed by atoms with E-state index in [1.807, 2.05) is 4.90 Å². The molecule has 1 unspecified atom stereocenters. The quantitative estimate of drug-likeness (QED) is 0.678. The van der Waals surface area contributed by atoms with Crippen LogP contribution < -0.4 is 10.6 Å². The standard InChI is InChI=1S/C11H21N3O/c1-11(5-6-12-9-11)13-10(15)14-7-3-2-4-8-14/h12H,2-9H2,1H3,(H,13,15). The Hall–Kier alpha value is -0.770. The summed E-state index contributed by atoms with van der Waals surface area (Å²) in [6, 6.07) is 0.126. The van der Waals surface area contributed by atoms with Crippen molar-refractivity contribution >= 4 is 6.03 Å². The third-order valence-corrected chi connectivity index (χ3v) is 3.42. The van der Waals surface area contributed by atoms with Crippen LogP contribution in [0.5, 0.6) is 0 Å². The van der Waals surface area contributed by atoms with Crippen molar-refractivity contribution in [2.45, 2.75) is 38.1 Å². The number of carbonyl (C=O) groups is 1. The van der Waals surface area contributed by atoms with Crippen molar-refractivity contribution in [3.63, 3.8) is 0 Å². The Morgan fingerprint density at radius 2 is 2.07 bits per heavy atom. The Balaban J connectivity index is 1.85. The number of rotatable bonds is 1. The molecule has 0 saturated carbocycles. The molecule has 0 radical (unpaired) electrons. The Morgan fingerprint density at radius 3 is 2.67 bits per heavy atom. The van der Waals surface area contributed by atoms with Gasteiger partial charge in [0.15, 0.2) is 0 Å². The molecule has 2 rings (SSSR count). The Bertz CT molecular complexity index is 230. The molecule has 15 heavy (non-hydrogen) atoms. The lowest BCUT2D eigenvalue weighted by atomic mass is 10.0. The molecule has 2 aliphatic heterocycles. The normalized spacial score (nSPS) is 31.7. The second kappa shape index (κ2) is 4.39. The molecular weight excluding hydrogens is 190 g/mol. The molecule has 2 amide bonds. The van der Waals surface area contributed by atoms with Gasteiger partial charge in [0, 0.05) is 19.6 Å². The van der Waals surface area contributed by atoms with Crippen molar-refractivity contribution in [1.82, 2.24) is 15.5 Å². The minimum atomic E-state index is -0.0332. The van der Waals surface area contributed by atoms with E-state index in [9.17, 15) is 4.79 Å². The second-order valence-corrected chi connectivity index (χ2v) is 4.97. The molecule has 2 saturated heterocycles. The van der Waals surface area contributed by atoms with E-state index in [0.29, 0.717) is 0 Å². The van der Waals surface area contributed by atoms with Crippen LogP contribution in [0.15, 0.2) is 0 Å². The molecule has 0 aromatic heterocycles. The first-order valence-electron chi connectivity index (χ1n) is 5.97. The molecule has 0 aromatic carbocycles. The van der Waals surface area contributed by atoms with Gasteiger partial charge in [0.25, 0.3) is 0 Å². The predicted molar refractivity (Wildman–Crippen MR) is 59.8 cm³/mol. The first-order valence-corrected chi connectivity index (χ1v) is 5.97. The lowest BCUT2D eigenvalue weighted by Gasteiger charge is -2.32. The summed E-state index contributed by atoms with van der Waals surface area (Å²) in [5.41, 5.74) is -0.0332. The molecule has 2 N–H and O–H groups in total. The number of urea groups is 1. The zero-order chi connectivity index (χ0) is 10.7. The predicted octanol–water partition coefficient (Wildman–Crippen LogP) is 0.934. The maximum atomic E-state index is 11.9. The largest absolute Gasteiger partial charge is 0.332 e. The summed E-state index contributed by atoms with van der Waals surface area (Å²) in [5.74, 6) is 0. The van der Waals surface area contributed by atoms with Crippen molar-refractivity contribution in [3.8, 4) is 0 Å². The fraction of sp³-hybridized carbons (Fsp3) is 0.909. The van der Waals surface area contributed by atoms with Crippen LogP contribution in [0.25, 0.3) is 0 Å². The van der Waals surface area contributed by atoms with Crippen LogP contribution in [0.4, 0.5) is 4.79 Å². The zero-order valence-electron chi connectivity index (χ0n) is 9.51. The second-order valence-electron chi connectivity index (χ2n) is 4.97. The highest BCUT2D eigenvalue weighted by Gasteiger charge is 2.31. The van der Waals surface area contributed by atoms with Crippen LogP contribution in [0, 0.1) is 0 Å². The summed E-state index contributed by atoms with van der Waals surface area (Å²) >= 11 is 0. The van der Waals surface area contributed by atoms with Gasteiger partial charge in [-0.1, -0.05) is 0 Å². The number of piperidine rings is 1. The SMILES string of the molecule is CC1(NC(=O)N2CCCCC2)CCNC1. The maximum Gasteiger partial charge on any atom is 0.317 e. The molecule has 4 nitrogen and oxygen atoms in total. The van der Waals surface area contributed by atoms with E-state index < -0.39 is 0 Å². The molecule has 0 spiro atoms. The summed E-state index contributed by atoms with van der Waals surface area (Å²) < 4.78 is 0. The van der Waals surface area contributed by atoms with Gasteiger partial charge < -0.3 is 15.5 Å². The van der Waals surface area contributed by atoms with Gasteiger partial charge in [0.2, 0.25) is 0 Å². The maximum absolute atomic E-state index is 11.9. The smallest absolute Gasteiger partial charge is 0.317 e. The van der Waals surface area contributed by atoms with E-state index >= 15 is 0 Å². The molecule has 4 heteroatoms. The third kappa shape index (κ3) is 2.62. The van der Waals surface area contributed by atoms with E-state index in [1.165, 1.54) is 6.42 Å². The molecular formula is C11H21N3O. The number of hydrogen-bond acceptors (Lipinski definition) is 2. The lowest BCUT2D eigenvalue weighted by molar-refractivity contribution is 0.176. The summed E-state index contributed by atoms with van der Waals surface area (Å²) in [6.45, 7) is 5.88. The molecule has 0 aromatic rings. The fourth-order valence-electron chi connectivity index (χ4n) is 2.36. The number of carbonyl (C=O) groups excluding carboxylic acids is 1. The number of nitrogens with one attached hydrogen (secondary N) is 2. The minimum Gasteiger partial charge on any atom is -0.332 e. The molecule has 86 valence electrons. The van der Waals surface area contributed by atoms with Crippen LogP contribution in [-0.2, 0) is 0 Å². The highest BCUT2D eigenvalue weighted by Crippen LogP contribution is 2.15. The average molecular weight is 211 g/mol. The van der Waals surface area contributed by atoms with Crippen LogP contribution in [-0.4, -0.2) is 42.6 Å². The number of nitrogens with zero attached hydrogens (tertiary/aromatic N) is 1. The number of hydrogen-bond donors (Lipinski definition) is 2.